The van der Waals surface area contributed by atoms with Gasteiger partial charge in [-0.25, -0.2) is 9.97 Å². The second kappa shape index (κ2) is 5.94. The zero-order valence-corrected chi connectivity index (χ0v) is 12.1. The Balaban J connectivity index is 2.15. The lowest BCUT2D eigenvalue weighted by Gasteiger charge is -2.34. The molecule has 1 aliphatic rings. The molecule has 1 N–H and O–H groups in total. The summed E-state index contributed by atoms with van der Waals surface area (Å²) in [7, 11) is 0. The molecule has 1 fully saturated rings. The van der Waals surface area contributed by atoms with Crippen LogP contribution in [0.1, 0.15) is 50.1 Å². The molecule has 106 valence electrons. The fraction of sp³-hybridized carbons (Fsp3) is 0.714. The second-order valence-corrected chi connectivity index (χ2v) is 5.39. The number of nitrogens with zero attached hydrogens (tertiary/aromatic N) is 3. The van der Waals surface area contributed by atoms with E-state index in [1.54, 1.807) is 13.1 Å². The van der Waals surface area contributed by atoms with Crippen molar-refractivity contribution >= 4 is 0 Å². The van der Waals surface area contributed by atoms with Gasteiger partial charge in [0.25, 0.3) is 0 Å². The standard InChI is InChI=1S/C14H23N3O2/c1-9(2)17-5-6-19-13(8-17)14-15-7-12(11(4)18)10(3)16-14/h7,9,11,13,18H,5-6,8H2,1-4H3/t11-,13?/m0/s1. The van der Waals surface area contributed by atoms with Crippen LogP contribution in [0.25, 0.3) is 0 Å². The van der Waals surface area contributed by atoms with Crippen LogP contribution in [-0.2, 0) is 4.74 Å². The summed E-state index contributed by atoms with van der Waals surface area (Å²) in [4.78, 5) is 11.2. The summed E-state index contributed by atoms with van der Waals surface area (Å²) in [6.45, 7) is 10.5. The monoisotopic (exact) mass is 265 g/mol. The molecule has 1 unspecified atom stereocenters. The predicted octanol–water partition coefficient (Wildman–Crippen LogP) is 1.62. The minimum absolute atomic E-state index is 0.0714. The van der Waals surface area contributed by atoms with Gasteiger partial charge in [0.2, 0.25) is 0 Å². The molecule has 1 aromatic heterocycles. The summed E-state index contributed by atoms with van der Waals surface area (Å²) in [5.41, 5.74) is 1.60. The molecule has 2 atom stereocenters. The Hall–Kier alpha value is -1.04. The molecule has 2 heterocycles. The van der Waals surface area contributed by atoms with E-state index in [4.69, 9.17) is 4.74 Å². The Kier molecular flexibility index (Phi) is 4.50. The highest BCUT2D eigenvalue weighted by molar-refractivity contribution is 5.19. The van der Waals surface area contributed by atoms with Gasteiger partial charge in [0.05, 0.1) is 12.7 Å². The van der Waals surface area contributed by atoms with Crippen molar-refractivity contribution in [1.82, 2.24) is 14.9 Å². The molecule has 0 radical (unpaired) electrons. The van der Waals surface area contributed by atoms with E-state index in [2.05, 4.69) is 28.7 Å². The molecule has 0 amide bonds. The zero-order valence-electron chi connectivity index (χ0n) is 12.1. The van der Waals surface area contributed by atoms with E-state index in [9.17, 15) is 5.11 Å². The van der Waals surface area contributed by atoms with Crippen molar-refractivity contribution in [3.8, 4) is 0 Å². The van der Waals surface area contributed by atoms with Crippen molar-refractivity contribution in [3.63, 3.8) is 0 Å². The van der Waals surface area contributed by atoms with E-state index in [0.29, 0.717) is 18.5 Å². The van der Waals surface area contributed by atoms with Crippen molar-refractivity contribution in [3.05, 3.63) is 23.3 Å². The summed E-state index contributed by atoms with van der Waals surface area (Å²) < 4.78 is 5.77. The number of hydrogen-bond acceptors (Lipinski definition) is 5. The van der Waals surface area contributed by atoms with Crippen molar-refractivity contribution in [2.75, 3.05) is 19.7 Å². The van der Waals surface area contributed by atoms with Gasteiger partial charge in [-0.2, -0.15) is 0 Å². The Morgan fingerprint density at radius 2 is 2.16 bits per heavy atom. The number of aromatic nitrogens is 2. The Morgan fingerprint density at radius 3 is 2.74 bits per heavy atom. The number of aliphatic hydroxyl groups excluding tert-OH is 1. The third-order valence-corrected chi connectivity index (χ3v) is 3.60. The third-order valence-electron chi connectivity index (χ3n) is 3.60. The first-order valence-electron chi connectivity index (χ1n) is 6.86. The Bertz CT molecular complexity index is 435. The lowest BCUT2D eigenvalue weighted by atomic mass is 10.1. The molecule has 1 saturated heterocycles. The van der Waals surface area contributed by atoms with Crippen LogP contribution in [-0.4, -0.2) is 45.7 Å². The quantitative estimate of drug-likeness (QED) is 0.900. The predicted molar refractivity (Wildman–Crippen MR) is 72.8 cm³/mol. The first-order chi connectivity index (χ1) is 8.99. The molecular formula is C14H23N3O2. The molecule has 0 aliphatic carbocycles. The number of rotatable bonds is 3. The van der Waals surface area contributed by atoms with Crippen molar-refractivity contribution in [1.29, 1.82) is 0 Å². The van der Waals surface area contributed by atoms with Crippen LogP contribution in [0.15, 0.2) is 6.20 Å². The lowest BCUT2D eigenvalue weighted by Crippen LogP contribution is -2.42. The molecule has 2 rings (SSSR count). The molecule has 0 aromatic carbocycles. The van der Waals surface area contributed by atoms with Crippen LogP contribution in [0, 0.1) is 6.92 Å². The molecule has 19 heavy (non-hydrogen) atoms. The molecule has 0 spiro atoms. The summed E-state index contributed by atoms with van der Waals surface area (Å²) in [5.74, 6) is 0.715. The van der Waals surface area contributed by atoms with E-state index in [1.807, 2.05) is 6.92 Å². The van der Waals surface area contributed by atoms with Crippen molar-refractivity contribution in [2.45, 2.75) is 45.9 Å². The summed E-state index contributed by atoms with van der Waals surface area (Å²) >= 11 is 0. The van der Waals surface area contributed by atoms with Gasteiger partial charge in [-0.05, 0) is 27.7 Å². The molecule has 1 aliphatic heterocycles. The zero-order chi connectivity index (χ0) is 14.0. The van der Waals surface area contributed by atoms with E-state index in [-0.39, 0.29) is 6.10 Å². The minimum Gasteiger partial charge on any atom is -0.389 e. The maximum absolute atomic E-state index is 9.60. The van der Waals surface area contributed by atoms with Crippen LogP contribution in [0.3, 0.4) is 0 Å². The van der Waals surface area contributed by atoms with E-state index in [0.717, 1.165) is 24.3 Å². The van der Waals surface area contributed by atoms with Gasteiger partial charge in [-0.15, -0.1) is 0 Å². The topological polar surface area (TPSA) is 58.5 Å². The molecule has 5 nitrogen and oxygen atoms in total. The van der Waals surface area contributed by atoms with Gasteiger partial charge in [0.15, 0.2) is 5.82 Å². The van der Waals surface area contributed by atoms with Crippen LogP contribution < -0.4 is 0 Å². The maximum atomic E-state index is 9.60. The molecule has 1 aromatic rings. The fourth-order valence-electron chi connectivity index (χ4n) is 2.35. The number of aliphatic hydroxyl groups is 1. The van der Waals surface area contributed by atoms with Crippen LogP contribution in [0.2, 0.25) is 0 Å². The first kappa shape index (κ1) is 14.4. The molecular weight excluding hydrogens is 242 g/mol. The number of ether oxygens (including phenoxy) is 1. The smallest absolute Gasteiger partial charge is 0.158 e. The lowest BCUT2D eigenvalue weighted by molar-refractivity contribution is -0.0444. The fourth-order valence-corrected chi connectivity index (χ4v) is 2.35. The average Bonchev–Trinajstić information content (AvgIpc) is 2.38. The number of morpholine rings is 1. The summed E-state index contributed by atoms with van der Waals surface area (Å²) in [6, 6.07) is 0.504. The van der Waals surface area contributed by atoms with Gasteiger partial charge < -0.3 is 9.84 Å². The SMILES string of the molecule is Cc1nc(C2CN(C(C)C)CCO2)ncc1[C@H](C)O. The van der Waals surface area contributed by atoms with Gasteiger partial charge >= 0.3 is 0 Å². The van der Waals surface area contributed by atoms with Crippen molar-refractivity contribution in [2.24, 2.45) is 0 Å². The summed E-state index contributed by atoms with van der Waals surface area (Å²) in [5, 5.41) is 9.60. The largest absolute Gasteiger partial charge is 0.389 e. The summed E-state index contributed by atoms with van der Waals surface area (Å²) in [6.07, 6.45) is 1.10. The molecule has 5 heteroatoms. The van der Waals surface area contributed by atoms with Gasteiger partial charge in [-0.3, -0.25) is 4.90 Å². The van der Waals surface area contributed by atoms with Gasteiger partial charge in [0, 0.05) is 36.6 Å². The highest BCUT2D eigenvalue weighted by Crippen LogP contribution is 2.22. The second-order valence-electron chi connectivity index (χ2n) is 5.39. The highest BCUT2D eigenvalue weighted by Gasteiger charge is 2.26. The third kappa shape index (κ3) is 3.29. The minimum atomic E-state index is -0.534. The number of hydrogen-bond donors (Lipinski definition) is 1. The molecule has 0 bridgehead atoms. The number of aryl methyl sites for hydroxylation is 1. The van der Waals surface area contributed by atoms with Gasteiger partial charge in [-0.1, -0.05) is 0 Å². The highest BCUT2D eigenvalue weighted by atomic mass is 16.5. The Labute approximate surface area is 114 Å². The average molecular weight is 265 g/mol. The van der Waals surface area contributed by atoms with E-state index in [1.165, 1.54) is 0 Å². The first-order valence-corrected chi connectivity index (χ1v) is 6.86. The van der Waals surface area contributed by atoms with E-state index < -0.39 is 6.10 Å². The van der Waals surface area contributed by atoms with Crippen LogP contribution in [0.5, 0.6) is 0 Å². The van der Waals surface area contributed by atoms with Crippen LogP contribution >= 0.6 is 0 Å². The normalized spacial score (nSPS) is 22.7. The maximum Gasteiger partial charge on any atom is 0.158 e. The Morgan fingerprint density at radius 1 is 1.42 bits per heavy atom. The van der Waals surface area contributed by atoms with E-state index >= 15 is 0 Å². The van der Waals surface area contributed by atoms with Crippen LogP contribution in [0.4, 0.5) is 0 Å². The van der Waals surface area contributed by atoms with Gasteiger partial charge in [0.1, 0.15) is 6.10 Å². The molecule has 0 saturated carbocycles. The van der Waals surface area contributed by atoms with Crippen molar-refractivity contribution < 1.29 is 9.84 Å².